The molecule has 9 nitrogen and oxygen atoms in total. The number of rotatable bonds is 2. The smallest absolute Gasteiger partial charge is 0.492 e. The van der Waals surface area contributed by atoms with Gasteiger partial charge in [0.05, 0.1) is 24.6 Å². The maximum absolute atomic E-state index is 13.2. The van der Waals surface area contributed by atoms with Crippen molar-refractivity contribution in [3.63, 3.8) is 0 Å². The molecule has 208 valence electrons. The van der Waals surface area contributed by atoms with E-state index in [-0.39, 0.29) is 11.8 Å². The summed E-state index contributed by atoms with van der Waals surface area (Å²) in [5, 5.41) is 0. The first-order valence-corrected chi connectivity index (χ1v) is 13.8. The van der Waals surface area contributed by atoms with Crippen molar-refractivity contribution in [3.05, 3.63) is 70.8 Å². The Labute approximate surface area is 232 Å². The Morgan fingerprint density at radius 3 is 1.62 bits per heavy atom. The number of amides is 2. The zero-order valence-electron chi connectivity index (χ0n) is 22.7. The van der Waals surface area contributed by atoms with Gasteiger partial charge in [0.1, 0.15) is 11.5 Å². The van der Waals surface area contributed by atoms with Crippen LogP contribution in [0.15, 0.2) is 48.6 Å². The van der Waals surface area contributed by atoms with E-state index in [2.05, 4.69) is 0 Å². The highest BCUT2D eigenvalue weighted by atomic mass is 16.8. The third-order valence-corrected chi connectivity index (χ3v) is 7.76. The van der Waals surface area contributed by atoms with Gasteiger partial charge in [0.15, 0.2) is 0 Å². The molecule has 2 aromatic rings. The number of nitrogens with zero attached hydrogens (tertiary/aromatic N) is 2. The Bertz CT molecular complexity index is 1320. The highest BCUT2D eigenvalue weighted by molar-refractivity contribution is 5.94. The minimum absolute atomic E-state index is 0.156. The molecule has 2 aromatic carbocycles. The Morgan fingerprint density at radius 2 is 1.18 bits per heavy atom. The van der Waals surface area contributed by atoms with Gasteiger partial charge in [0, 0.05) is 37.1 Å². The maximum atomic E-state index is 13.2. The van der Waals surface area contributed by atoms with Gasteiger partial charge in [-0.2, -0.15) is 0 Å². The zero-order valence-corrected chi connectivity index (χ0v) is 22.7. The number of carbonyl (C=O) groups excluding carboxylic acids is 3. The molecule has 0 saturated carbocycles. The van der Waals surface area contributed by atoms with Crippen LogP contribution in [0.3, 0.4) is 0 Å². The van der Waals surface area contributed by atoms with Crippen LogP contribution in [0.5, 0.6) is 11.5 Å². The van der Waals surface area contributed by atoms with Crippen LogP contribution >= 0.6 is 0 Å². The number of carbonyl (C=O) groups is 3. The number of fused-ring (bicyclic) bond motifs is 2. The minimum atomic E-state index is -1.37. The lowest BCUT2D eigenvalue weighted by Crippen LogP contribution is -2.40. The van der Waals surface area contributed by atoms with Crippen molar-refractivity contribution in [2.24, 2.45) is 11.8 Å². The van der Waals surface area contributed by atoms with E-state index in [9.17, 15) is 14.4 Å². The van der Waals surface area contributed by atoms with Gasteiger partial charge in [0.25, 0.3) is 0 Å². The Kier molecular flexibility index (Phi) is 6.96. The molecule has 0 saturated heterocycles. The Balaban J connectivity index is 1.17. The van der Waals surface area contributed by atoms with Crippen LogP contribution < -0.4 is 9.47 Å². The van der Waals surface area contributed by atoms with E-state index in [1.54, 1.807) is 0 Å². The zero-order chi connectivity index (χ0) is 27.8. The van der Waals surface area contributed by atoms with Crippen molar-refractivity contribution in [1.82, 2.24) is 9.80 Å². The quantitative estimate of drug-likeness (QED) is 0.337. The van der Waals surface area contributed by atoms with Crippen LogP contribution in [-0.2, 0) is 22.3 Å². The van der Waals surface area contributed by atoms with Crippen molar-refractivity contribution in [2.45, 2.75) is 39.5 Å². The standard InChI is InChI=1S/C31H32N2O7/c1-19-9-11-25(23-7-3-5-21-13-15-37-27(21)23)32(17-19)29(34)39-31(36)40-30(35)33-18-20(2)10-12-26(33)24-8-4-6-22-14-16-38-28(22)24/h3-8,11-12,19-20H,9-10,13-18H2,1-2H3/t19-,20-/m0/s1. The van der Waals surface area contributed by atoms with E-state index in [1.807, 2.05) is 62.4 Å². The average Bonchev–Trinajstić information content (AvgIpc) is 3.62. The largest absolute Gasteiger partial charge is 0.526 e. The fourth-order valence-corrected chi connectivity index (χ4v) is 5.78. The van der Waals surface area contributed by atoms with E-state index in [0.29, 0.717) is 37.7 Å². The third-order valence-electron chi connectivity index (χ3n) is 7.76. The second kappa shape index (κ2) is 10.7. The number of allylic oxidation sites excluding steroid dienone is 2. The lowest BCUT2D eigenvalue weighted by atomic mass is 9.97. The molecule has 0 N–H and O–H groups in total. The molecule has 2 amide bonds. The summed E-state index contributed by atoms with van der Waals surface area (Å²) >= 11 is 0. The molecule has 4 aliphatic heterocycles. The first-order chi connectivity index (χ1) is 19.4. The lowest BCUT2D eigenvalue weighted by Gasteiger charge is -2.32. The van der Waals surface area contributed by atoms with Crippen LogP contribution in [0.2, 0.25) is 0 Å². The van der Waals surface area contributed by atoms with Crippen LogP contribution in [0, 0.1) is 11.8 Å². The highest BCUT2D eigenvalue weighted by Gasteiger charge is 2.34. The molecule has 0 bridgehead atoms. The van der Waals surface area contributed by atoms with Crippen molar-refractivity contribution < 1.29 is 33.3 Å². The first-order valence-electron chi connectivity index (χ1n) is 13.8. The fraction of sp³-hybridized carbons (Fsp3) is 0.387. The molecule has 0 aliphatic carbocycles. The molecule has 4 aliphatic rings. The molecule has 0 spiro atoms. The van der Waals surface area contributed by atoms with Crippen LogP contribution in [0.25, 0.3) is 11.4 Å². The normalized spacial score (nSPS) is 21.4. The number of benzene rings is 2. The Morgan fingerprint density at radius 1 is 0.725 bits per heavy atom. The average molecular weight is 545 g/mol. The molecule has 4 heterocycles. The molecule has 0 unspecified atom stereocenters. The second-order valence-corrected chi connectivity index (χ2v) is 10.9. The lowest BCUT2D eigenvalue weighted by molar-refractivity contribution is 0.0718. The van der Waals surface area contributed by atoms with Crippen molar-refractivity contribution in [3.8, 4) is 11.5 Å². The summed E-state index contributed by atoms with van der Waals surface area (Å²) in [6.45, 7) is 5.89. The number of ether oxygens (including phenoxy) is 4. The summed E-state index contributed by atoms with van der Waals surface area (Å²) in [6, 6.07) is 11.6. The summed E-state index contributed by atoms with van der Waals surface area (Å²) < 4.78 is 21.8. The predicted molar refractivity (Wildman–Crippen MR) is 147 cm³/mol. The number of hydrogen-bond donors (Lipinski definition) is 0. The van der Waals surface area contributed by atoms with Gasteiger partial charge in [0.2, 0.25) is 0 Å². The third kappa shape index (κ3) is 4.92. The van der Waals surface area contributed by atoms with Gasteiger partial charge in [-0.3, -0.25) is 9.80 Å². The minimum Gasteiger partial charge on any atom is -0.492 e. The van der Waals surface area contributed by atoms with Gasteiger partial charge in [-0.15, -0.1) is 0 Å². The van der Waals surface area contributed by atoms with Crippen molar-refractivity contribution in [1.29, 1.82) is 0 Å². The molecular formula is C31H32N2O7. The van der Waals surface area contributed by atoms with E-state index in [4.69, 9.17) is 18.9 Å². The van der Waals surface area contributed by atoms with E-state index in [1.165, 1.54) is 9.80 Å². The highest BCUT2D eigenvalue weighted by Crippen LogP contribution is 2.39. The maximum Gasteiger partial charge on any atom is 0.526 e. The summed E-state index contributed by atoms with van der Waals surface area (Å²) in [4.78, 5) is 42.0. The first kappa shape index (κ1) is 26.0. The summed E-state index contributed by atoms with van der Waals surface area (Å²) in [5.41, 5.74) is 4.94. The fourth-order valence-electron chi connectivity index (χ4n) is 5.78. The molecule has 0 radical (unpaired) electrons. The second-order valence-electron chi connectivity index (χ2n) is 10.9. The van der Waals surface area contributed by atoms with Gasteiger partial charge in [-0.25, -0.2) is 14.4 Å². The molecule has 0 fully saturated rings. The van der Waals surface area contributed by atoms with Crippen LogP contribution in [0.4, 0.5) is 14.4 Å². The van der Waals surface area contributed by atoms with Gasteiger partial charge < -0.3 is 18.9 Å². The van der Waals surface area contributed by atoms with Crippen LogP contribution in [-0.4, -0.2) is 54.4 Å². The molecule has 40 heavy (non-hydrogen) atoms. The molecule has 2 atom stereocenters. The number of para-hydroxylation sites is 2. The predicted octanol–water partition coefficient (Wildman–Crippen LogP) is 6.02. The molecule has 0 aromatic heterocycles. The number of hydrogen-bond acceptors (Lipinski definition) is 7. The van der Waals surface area contributed by atoms with E-state index < -0.39 is 18.3 Å². The van der Waals surface area contributed by atoms with E-state index in [0.717, 1.165) is 59.4 Å². The SMILES string of the molecule is C[C@H]1CC=C(c2cccc3c2OCC3)N(C(=O)OC(=O)OC(=O)N2C[C@@H](C)CC=C2c2cccc3c2OCC3)C1. The summed E-state index contributed by atoms with van der Waals surface area (Å²) in [6.07, 6.45) is 3.87. The molecule has 9 heteroatoms. The van der Waals surface area contributed by atoms with Crippen molar-refractivity contribution >= 4 is 29.7 Å². The van der Waals surface area contributed by atoms with Gasteiger partial charge in [-0.1, -0.05) is 50.3 Å². The summed E-state index contributed by atoms with van der Waals surface area (Å²) in [5.74, 6) is 1.80. The molecule has 6 rings (SSSR count). The van der Waals surface area contributed by atoms with Crippen molar-refractivity contribution in [2.75, 3.05) is 26.3 Å². The monoisotopic (exact) mass is 544 g/mol. The Hall–Kier alpha value is -4.27. The van der Waals surface area contributed by atoms with Gasteiger partial charge >= 0.3 is 18.3 Å². The topological polar surface area (TPSA) is 94.6 Å². The van der Waals surface area contributed by atoms with Gasteiger partial charge in [-0.05, 0) is 47.9 Å². The van der Waals surface area contributed by atoms with Crippen LogP contribution in [0.1, 0.15) is 48.9 Å². The van der Waals surface area contributed by atoms with E-state index >= 15 is 0 Å². The summed E-state index contributed by atoms with van der Waals surface area (Å²) in [7, 11) is 0. The molecular weight excluding hydrogens is 512 g/mol.